The van der Waals surface area contributed by atoms with Crippen LogP contribution in [0.3, 0.4) is 0 Å². The molecule has 7 heteroatoms. The average molecular weight is 376 g/mol. The summed E-state index contributed by atoms with van der Waals surface area (Å²) in [5.74, 6) is -0.791. The molecule has 0 saturated carbocycles. The van der Waals surface area contributed by atoms with Crippen molar-refractivity contribution >= 4 is 39.6 Å². The number of aliphatic hydroxyl groups is 1. The molecule has 0 aromatic heterocycles. The number of benzene rings is 1. The van der Waals surface area contributed by atoms with Gasteiger partial charge in [0.25, 0.3) is 0 Å². The smallest absolute Gasteiger partial charge is 0.336 e. The summed E-state index contributed by atoms with van der Waals surface area (Å²) < 4.78 is 5.40. The number of halogens is 1. The second-order valence-electron chi connectivity index (χ2n) is 4.50. The molecule has 0 aliphatic heterocycles. The lowest BCUT2D eigenvalue weighted by molar-refractivity contribution is -0.150. The first kappa shape index (κ1) is 18.0. The topological polar surface area (TPSA) is 75.6 Å². The van der Waals surface area contributed by atoms with E-state index in [-0.39, 0.29) is 18.2 Å². The molecule has 2 N–H and O–H groups in total. The fourth-order valence-electron chi connectivity index (χ4n) is 1.53. The number of amides is 1. The first-order valence-corrected chi connectivity index (χ1v) is 8.05. The van der Waals surface area contributed by atoms with E-state index in [0.29, 0.717) is 0 Å². The molecule has 5 nitrogen and oxygen atoms in total. The quantitative estimate of drug-likeness (QED) is 0.585. The lowest BCUT2D eigenvalue weighted by Gasteiger charge is -2.11. The van der Waals surface area contributed by atoms with Crippen molar-refractivity contribution in [2.24, 2.45) is 0 Å². The Labute approximate surface area is 136 Å². The number of nitrogens with one attached hydrogen (secondary N) is 1. The van der Waals surface area contributed by atoms with Crippen LogP contribution < -0.4 is 5.32 Å². The highest BCUT2D eigenvalue weighted by Gasteiger charge is 2.16. The van der Waals surface area contributed by atoms with Crippen molar-refractivity contribution in [2.75, 3.05) is 19.4 Å². The Morgan fingerprint density at radius 3 is 2.67 bits per heavy atom. The molecule has 1 aromatic carbocycles. The summed E-state index contributed by atoms with van der Waals surface area (Å²) in [4.78, 5) is 23.7. The van der Waals surface area contributed by atoms with Crippen LogP contribution in [0.5, 0.6) is 0 Å². The van der Waals surface area contributed by atoms with E-state index >= 15 is 0 Å². The number of ether oxygens (including phenoxy) is 1. The molecule has 1 amide bonds. The summed E-state index contributed by atoms with van der Waals surface area (Å²) in [6.07, 6.45) is -1.33. The van der Waals surface area contributed by atoms with Crippen molar-refractivity contribution in [2.45, 2.75) is 24.8 Å². The molecule has 0 aliphatic carbocycles. The van der Waals surface area contributed by atoms with Gasteiger partial charge >= 0.3 is 5.97 Å². The zero-order valence-corrected chi connectivity index (χ0v) is 14.5. The van der Waals surface area contributed by atoms with E-state index in [2.05, 4.69) is 26.0 Å². The van der Waals surface area contributed by atoms with Crippen LogP contribution in [0.2, 0.25) is 0 Å². The van der Waals surface area contributed by atoms with Gasteiger partial charge in [-0.1, -0.05) is 15.9 Å². The third-order valence-corrected chi connectivity index (χ3v) is 4.79. The maximum absolute atomic E-state index is 11.7. The average Bonchev–Trinajstić information content (AvgIpc) is 2.46. The van der Waals surface area contributed by atoms with Gasteiger partial charge in [-0.25, -0.2) is 4.79 Å². The number of methoxy groups -OCH3 is 1. The van der Waals surface area contributed by atoms with Crippen LogP contribution in [0.4, 0.5) is 0 Å². The lowest BCUT2D eigenvalue weighted by Crippen LogP contribution is -2.37. The minimum atomic E-state index is -1.33. The van der Waals surface area contributed by atoms with Crippen LogP contribution in [0.15, 0.2) is 21.5 Å². The van der Waals surface area contributed by atoms with Gasteiger partial charge in [-0.15, -0.1) is 11.8 Å². The van der Waals surface area contributed by atoms with E-state index in [0.717, 1.165) is 20.5 Å². The van der Waals surface area contributed by atoms with Gasteiger partial charge in [-0.2, -0.15) is 0 Å². The number of hydrogen-bond acceptors (Lipinski definition) is 5. The molecule has 0 heterocycles. The zero-order chi connectivity index (χ0) is 16.0. The molecule has 21 heavy (non-hydrogen) atoms. The minimum absolute atomic E-state index is 0.148. The van der Waals surface area contributed by atoms with Crippen molar-refractivity contribution in [3.05, 3.63) is 27.7 Å². The Balaban J connectivity index is 2.47. The molecule has 0 saturated heterocycles. The minimum Gasteiger partial charge on any atom is -0.467 e. The monoisotopic (exact) mass is 375 g/mol. The van der Waals surface area contributed by atoms with E-state index in [1.54, 1.807) is 0 Å². The number of carbonyl (C=O) groups excluding carboxylic acids is 2. The number of thioether (sulfide) groups is 1. The SMILES string of the molecule is COC(=O)C(O)CNC(=O)CSc1cc(C)c(Br)cc1C. The summed E-state index contributed by atoms with van der Waals surface area (Å²) in [6.45, 7) is 3.82. The van der Waals surface area contributed by atoms with Crippen molar-refractivity contribution in [3.63, 3.8) is 0 Å². The fourth-order valence-corrected chi connectivity index (χ4v) is 2.93. The number of aliphatic hydroxyl groups excluding tert-OH is 1. The molecular formula is C14H18BrNO4S. The normalized spacial score (nSPS) is 11.9. The van der Waals surface area contributed by atoms with Crippen molar-refractivity contribution in [1.82, 2.24) is 5.32 Å². The lowest BCUT2D eigenvalue weighted by atomic mass is 10.2. The number of carbonyl (C=O) groups is 2. The third kappa shape index (κ3) is 5.68. The summed E-state index contributed by atoms with van der Waals surface area (Å²) >= 11 is 4.87. The summed E-state index contributed by atoms with van der Waals surface area (Å²) in [5.41, 5.74) is 2.18. The van der Waals surface area contributed by atoms with Crippen LogP contribution in [-0.4, -0.2) is 42.5 Å². The number of hydrogen-bond donors (Lipinski definition) is 2. The van der Waals surface area contributed by atoms with Gasteiger partial charge < -0.3 is 15.2 Å². The largest absolute Gasteiger partial charge is 0.467 e. The Kier molecular flexibility index (Phi) is 7.21. The Bertz CT molecular complexity index is 536. The van der Waals surface area contributed by atoms with E-state index in [1.807, 2.05) is 26.0 Å². The van der Waals surface area contributed by atoms with E-state index in [4.69, 9.17) is 0 Å². The van der Waals surface area contributed by atoms with Crippen molar-refractivity contribution in [3.8, 4) is 0 Å². The second-order valence-corrected chi connectivity index (χ2v) is 6.37. The Morgan fingerprint density at radius 2 is 2.05 bits per heavy atom. The van der Waals surface area contributed by atoms with Crippen molar-refractivity contribution in [1.29, 1.82) is 0 Å². The molecule has 0 bridgehead atoms. The highest BCUT2D eigenvalue weighted by Crippen LogP contribution is 2.28. The molecule has 1 atom stereocenters. The van der Waals surface area contributed by atoms with Crippen LogP contribution >= 0.6 is 27.7 Å². The van der Waals surface area contributed by atoms with Gasteiger partial charge in [0.05, 0.1) is 19.4 Å². The Morgan fingerprint density at radius 1 is 1.38 bits per heavy atom. The first-order chi connectivity index (χ1) is 9.85. The second kappa shape index (κ2) is 8.41. The molecule has 116 valence electrons. The van der Waals surface area contributed by atoms with Crippen LogP contribution in [0.1, 0.15) is 11.1 Å². The van der Waals surface area contributed by atoms with E-state index in [9.17, 15) is 14.7 Å². The molecule has 0 spiro atoms. The van der Waals surface area contributed by atoms with Gasteiger partial charge in [0.15, 0.2) is 6.10 Å². The molecule has 0 fully saturated rings. The summed E-state index contributed by atoms with van der Waals surface area (Å²) in [6, 6.07) is 4.03. The number of esters is 1. The number of rotatable bonds is 6. The van der Waals surface area contributed by atoms with E-state index < -0.39 is 12.1 Å². The summed E-state index contributed by atoms with van der Waals surface area (Å²) in [5, 5.41) is 11.9. The van der Waals surface area contributed by atoms with Crippen LogP contribution in [0, 0.1) is 13.8 Å². The maximum atomic E-state index is 11.7. The maximum Gasteiger partial charge on any atom is 0.336 e. The van der Waals surface area contributed by atoms with Gasteiger partial charge in [-0.3, -0.25) is 4.79 Å². The molecular weight excluding hydrogens is 358 g/mol. The zero-order valence-electron chi connectivity index (χ0n) is 12.1. The predicted octanol–water partition coefficient (Wildman–Crippen LogP) is 1.81. The Hall–Kier alpha value is -1.05. The standard InChI is InChI=1S/C14H18BrNO4S/c1-8-5-12(9(2)4-10(8)15)21-7-13(18)16-6-11(17)14(19)20-3/h4-5,11,17H,6-7H2,1-3H3,(H,16,18). The van der Waals surface area contributed by atoms with Gasteiger partial charge in [0.2, 0.25) is 5.91 Å². The summed E-state index contributed by atoms with van der Waals surface area (Å²) in [7, 11) is 1.18. The predicted molar refractivity (Wildman–Crippen MR) is 85.4 cm³/mol. The molecule has 1 aromatic rings. The third-order valence-electron chi connectivity index (χ3n) is 2.78. The molecule has 1 unspecified atom stereocenters. The first-order valence-electron chi connectivity index (χ1n) is 6.27. The van der Waals surface area contributed by atoms with Crippen LogP contribution in [-0.2, 0) is 14.3 Å². The highest BCUT2D eigenvalue weighted by molar-refractivity contribution is 9.10. The fraction of sp³-hybridized carbons (Fsp3) is 0.429. The molecule has 0 radical (unpaired) electrons. The van der Waals surface area contributed by atoms with Gasteiger partial charge in [-0.05, 0) is 37.1 Å². The van der Waals surface area contributed by atoms with Crippen molar-refractivity contribution < 1.29 is 19.4 Å². The van der Waals surface area contributed by atoms with E-state index in [1.165, 1.54) is 18.9 Å². The highest BCUT2D eigenvalue weighted by atomic mass is 79.9. The van der Waals surface area contributed by atoms with Gasteiger partial charge in [0, 0.05) is 9.37 Å². The molecule has 0 aliphatic rings. The van der Waals surface area contributed by atoms with Crippen LogP contribution in [0.25, 0.3) is 0 Å². The number of aryl methyl sites for hydroxylation is 2. The van der Waals surface area contributed by atoms with Gasteiger partial charge in [0.1, 0.15) is 0 Å². The molecule has 1 rings (SSSR count).